The number of para-hydroxylation sites is 1. The minimum atomic E-state index is -4.15. The number of aryl methyl sites for hydroxylation is 1. The average Bonchev–Trinajstić information content (AvgIpc) is 2.89. The minimum Gasteiger partial charge on any atom is -0.355 e. The van der Waals surface area contributed by atoms with Gasteiger partial charge in [0.1, 0.15) is 12.6 Å². The Bertz CT molecular complexity index is 1330. The van der Waals surface area contributed by atoms with Crippen LogP contribution in [0.3, 0.4) is 0 Å². The first-order chi connectivity index (χ1) is 17.7. The van der Waals surface area contributed by atoms with Crippen LogP contribution in [0.15, 0.2) is 83.8 Å². The first-order valence-corrected chi connectivity index (χ1v) is 14.0. The van der Waals surface area contributed by atoms with Crippen molar-refractivity contribution >= 4 is 39.1 Å². The number of sulfonamides is 1. The molecule has 3 rings (SSSR count). The van der Waals surface area contributed by atoms with E-state index < -0.39 is 28.5 Å². The summed E-state index contributed by atoms with van der Waals surface area (Å²) in [6.45, 7) is 5.61. The molecule has 196 valence electrons. The number of halogens is 1. The molecule has 2 amide bonds. The van der Waals surface area contributed by atoms with Crippen LogP contribution >= 0.6 is 11.6 Å². The van der Waals surface area contributed by atoms with Crippen LogP contribution in [0, 0.1) is 6.92 Å². The number of nitrogens with one attached hydrogen (secondary N) is 1. The van der Waals surface area contributed by atoms with Crippen LogP contribution in [0.5, 0.6) is 0 Å². The van der Waals surface area contributed by atoms with E-state index in [1.54, 1.807) is 42.5 Å². The van der Waals surface area contributed by atoms with Crippen molar-refractivity contribution in [2.24, 2.45) is 0 Å². The Kier molecular flexibility index (Phi) is 9.72. The number of nitrogens with zero attached hydrogens (tertiary/aromatic N) is 2. The second-order valence-corrected chi connectivity index (χ2v) is 10.8. The highest BCUT2D eigenvalue weighted by atomic mass is 35.5. The molecule has 0 unspecified atom stereocenters. The SMILES string of the molecule is CCNC(=O)[C@@H](CC)N(Cc1ccccc1C)C(=O)CN(c1ccccc1Cl)S(=O)(=O)c1ccccc1. The monoisotopic (exact) mass is 541 g/mol. The van der Waals surface area contributed by atoms with Gasteiger partial charge in [-0.25, -0.2) is 8.42 Å². The lowest BCUT2D eigenvalue weighted by Gasteiger charge is -2.33. The summed E-state index contributed by atoms with van der Waals surface area (Å²) in [5, 5.41) is 2.99. The Balaban J connectivity index is 2.07. The molecule has 0 spiro atoms. The minimum absolute atomic E-state index is 0.0314. The van der Waals surface area contributed by atoms with Crippen molar-refractivity contribution < 1.29 is 18.0 Å². The normalized spacial score (nSPS) is 12.0. The first kappa shape index (κ1) is 28.2. The molecule has 37 heavy (non-hydrogen) atoms. The van der Waals surface area contributed by atoms with Crippen LogP contribution in [-0.4, -0.2) is 44.3 Å². The van der Waals surface area contributed by atoms with Gasteiger partial charge in [-0.15, -0.1) is 0 Å². The summed E-state index contributed by atoms with van der Waals surface area (Å²) in [5.41, 5.74) is 2.02. The molecule has 1 N–H and O–H groups in total. The van der Waals surface area contributed by atoms with Gasteiger partial charge >= 0.3 is 0 Å². The van der Waals surface area contributed by atoms with E-state index in [9.17, 15) is 18.0 Å². The molecule has 0 aliphatic carbocycles. The molecular formula is C28H32ClN3O4S. The third-order valence-electron chi connectivity index (χ3n) is 6.07. The van der Waals surface area contributed by atoms with E-state index in [1.165, 1.54) is 17.0 Å². The van der Waals surface area contributed by atoms with Crippen LogP contribution < -0.4 is 9.62 Å². The summed E-state index contributed by atoms with van der Waals surface area (Å²) < 4.78 is 28.5. The van der Waals surface area contributed by atoms with Gasteiger partial charge in [0, 0.05) is 13.1 Å². The molecule has 0 aromatic heterocycles. The molecule has 0 aliphatic heterocycles. The molecule has 1 atom stereocenters. The lowest BCUT2D eigenvalue weighted by atomic mass is 10.1. The summed E-state index contributed by atoms with van der Waals surface area (Å²) in [6.07, 6.45) is 0.362. The Labute approximate surface area is 224 Å². The number of likely N-dealkylation sites (N-methyl/N-ethyl adjacent to an activating group) is 1. The summed E-state index contributed by atoms with van der Waals surface area (Å²) in [4.78, 5) is 28.4. The molecule has 0 aliphatic rings. The van der Waals surface area contributed by atoms with Crippen molar-refractivity contribution in [1.82, 2.24) is 10.2 Å². The van der Waals surface area contributed by atoms with Crippen LogP contribution in [0.1, 0.15) is 31.4 Å². The quantitative estimate of drug-likeness (QED) is 0.378. The lowest BCUT2D eigenvalue weighted by Crippen LogP contribution is -2.52. The lowest BCUT2D eigenvalue weighted by molar-refractivity contribution is -0.140. The van der Waals surface area contributed by atoms with Gasteiger partial charge in [-0.05, 0) is 55.7 Å². The van der Waals surface area contributed by atoms with Crippen molar-refractivity contribution in [3.05, 3.63) is 95.0 Å². The highest BCUT2D eigenvalue weighted by Gasteiger charge is 2.34. The molecule has 3 aromatic carbocycles. The number of rotatable bonds is 11. The van der Waals surface area contributed by atoms with Gasteiger partial charge in [0.25, 0.3) is 10.0 Å². The average molecular weight is 542 g/mol. The Hall–Kier alpha value is -3.36. The van der Waals surface area contributed by atoms with E-state index in [4.69, 9.17) is 11.6 Å². The van der Waals surface area contributed by atoms with Gasteiger partial charge in [-0.1, -0.05) is 73.1 Å². The molecule has 0 radical (unpaired) electrons. The molecule has 7 nitrogen and oxygen atoms in total. The molecular weight excluding hydrogens is 510 g/mol. The van der Waals surface area contributed by atoms with Crippen molar-refractivity contribution in [3.63, 3.8) is 0 Å². The Morgan fingerprint density at radius 3 is 2.16 bits per heavy atom. The zero-order valence-corrected chi connectivity index (χ0v) is 22.8. The Morgan fingerprint density at radius 1 is 0.919 bits per heavy atom. The van der Waals surface area contributed by atoms with Gasteiger partial charge < -0.3 is 10.2 Å². The van der Waals surface area contributed by atoms with Crippen molar-refractivity contribution in [2.75, 3.05) is 17.4 Å². The van der Waals surface area contributed by atoms with E-state index in [0.717, 1.165) is 15.4 Å². The topological polar surface area (TPSA) is 86.8 Å². The highest BCUT2D eigenvalue weighted by molar-refractivity contribution is 7.92. The maximum atomic E-state index is 13.9. The number of carbonyl (C=O) groups excluding carboxylic acids is 2. The van der Waals surface area contributed by atoms with Crippen LogP contribution in [0.25, 0.3) is 0 Å². The number of hydrogen-bond acceptors (Lipinski definition) is 4. The largest absolute Gasteiger partial charge is 0.355 e. The van der Waals surface area contributed by atoms with E-state index in [0.29, 0.717) is 13.0 Å². The fraction of sp³-hybridized carbons (Fsp3) is 0.286. The smallest absolute Gasteiger partial charge is 0.264 e. The standard InChI is InChI=1S/C28H32ClN3O4S/c1-4-25(28(34)30-5-2)31(19-22-14-10-9-13-21(22)3)27(33)20-32(26-18-12-11-17-24(26)29)37(35,36)23-15-7-6-8-16-23/h6-18,25H,4-5,19-20H2,1-3H3,(H,30,34)/t25-/m1/s1. The first-order valence-electron chi connectivity index (χ1n) is 12.1. The maximum Gasteiger partial charge on any atom is 0.264 e. The zero-order chi connectivity index (χ0) is 27.0. The second kappa shape index (κ2) is 12.7. The van der Waals surface area contributed by atoms with E-state index in [1.807, 2.05) is 45.0 Å². The van der Waals surface area contributed by atoms with Gasteiger partial charge in [-0.3, -0.25) is 13.9 Å². The van der Waals surface area contributed by atoms with Crippen molar-refractivity contribution in [3.8, 4) is 0 Å². The predicted molar refractivity (Wildman–Crippen MR) is 147 cm³/mol. The fourth-order valence-electron chi connectivity index (χ4n) is 4.07. The van der Waals surface area contributed by atoms with Crippen molar-refractivity contribution in [2.45, 2.75) is 44.7 Å². The van der Waals surface area contributed by atoms with E-state index >= 15 is 0 Å². The molecule has 0 heterocycles. The van der Waals surface area contributed by atoms with E-state index in [2.05, 4.69) is 5.32 Å². The summed E-state index contributed by atoms with van der Waals surface area (Å²) >= 11 is 6.41. The summed E-state index contributed by atoms with van der Waals surface area (Å²) in [7, 11) is -4.15. The van der Waals surface area contributed by atoms with Crippen molar-refractivity contribution in [1.29, 1.82) is 0 Å². The molecule has 0 saturated carbocycles. The van der Waals surface area contributed by atoms with Crippen LogP contribution in [0.2, 0.25) is 5.02 Å². The number of anilines is 1. The highest BCUT2D eigenvalue weighted by Crippen LogP contribution is 2.30. The molecule has 0 bridgehead atoms. The second-order valence-electron chi connectivity index (χ2n) is 8.54. The van der Waals surface area contributed by atoms with Crippen LogP contribution in [0.4, 0.5) is 5.69 Å². The molecule has 3 aromatic rings. The van der Waals surface area contributed by atoms with Crippen LogP contribution in [-0.2, 0) is 26.2 Å². The predicted octanol–water partition coefficient (Wildman–Crippen LogP) is 4.79. The zero-order valence-electron chi connectivity index (χ0n) is 21.2. The van der Waals surface area contributed by atoms with Gasteiger partial charge in [0.15, 0.2) is 0 Å². The summed E-state index contributed by atoms with van der Waals surface area (Å²) in [5.74, 6) is -0.803. The third kappa shape index (κ3) is 6.70. The Morgan fingerprint density at radius 2 is 1.54 bits per heavy atom. The fourth-order valence-corrected chi connectivity index (χ4v) is 5.81. The van der Waals surface area contributed by atoms with E-state index in [-0.39, 0.29) is 28.1 Å². The summed E-state index contributed by atoms with van der Waals surface area (Å²) in [6, 6.07) is 21.2. The van der Waals surface area contributed by atoms with Gasteiger partial charge in [0.05, 0.1) is 15.6 Å². The number of hydrogen-bond donors (Lipinski definition) is 1. The number of amides is 2. The molecule has 0 saturated heterocycles. The number of benzene rings is 3. The van der Waals surface area contributed by atoms with Gasteiger partial charge in [-0.2, -0.15) is 0 Å². The maximum absolute atomic E-state index is 13.9. The van der Waals surface area contributed by atoms with Gasteiger partial charge in [0.2, 0.25) is 11.8 Å². The molecule has 0 fully saturated rings. The number of carbonyl (C=O) groups is 2. The molecule has 9 heteroatoms. The third-order valence-corrected chi connectivity index (χ3v) is 8.16.